The van der Waals surface area contributed by atoms with Gasteiger partial charge >= 0.3 is 6.03 Å². The lowest BCUT2D eigenvalue weighted by molar-refractivity contribution is -0.127. The number of aryl methyl sites for hydroxylation is 2. The summed E-state index contributed by atoms with van der Waals surface area (Å²) < 4.78 is 5.50. The fraction of sp³-hybridized carbons (Fsp3) is 0.450. The SMILES string of the molecule is Cc1nc(CNC(=O)C2(NC(=O)NCc3ccccc3)CCCC2)oc1C. The van der Waals surface area contributed by atoms with E-state index in [1.807, 2.05) is 44.2 Å². The Labute approximate surface area is 158 Å². The van der Waals surface area contributed by atoms with Crippen LogP contribution in [0.15, 0.2) is 34.7 Å². The summed E-state index contributed by atoms with van der Waals surface area (Å²) in [6, 6.07) is 9.33. The molecule has 0 bridgehead atoms. The van der Waals surface area contributed by atoms with Gasteiger partial charge in [-0.15, -0.1) is 0 Å². The third-order valence-electron chi connectivity index (χ3n) is 5.01. The molecular formula is C20H26N4O3. The van der Waals surface area contributed by atoms with Crippen LogP contribution in [-0.2, 0) is 17.9 Å². The summed E-state index contributed by atoms with van der Waals surface area (Å²) in [5.41, 5.74) is 0.942. The molecule has 1 aromatic carbocycles. The number of carbonyl (C=O) groups is 2. The first-order valence-corrected chi connectivity index (χ1v) is 9.30. The molecule has 3 amide bonds. The van der Waals surface area contributed by atoms with Crippen LogP contribution < -0.4 is 16.0 Å². The van der Waals surface area contributed by atoms with Gasteiger partial charge in [0.05, 0.1) is 12.2 Å². The Bertz CT molecular complexity index is 775. The zero-order chi connectivity index (χ0) is 19.3. The van der Waals surface area contributed by atoms with Crippen LogP contribution in [0.4, 0.5) is 4.79 Å². The Hall–Kier alpha value is -2.83. The maximum atomic E-state index is 12.8. The van der Waals surface area contributed by atoms with Crippen LogP contribution in [0.25, 0.3) is 0 Å². The number of carbonyl (C=O) groups excluding carboxylic acids is 2. The Morgan fingerprint density at radius 1 is 1.07 bits per heavy atom. The maximum Gasteiger partial charge on any atom is 0.315 e. The van der Waals surface area contributed by atoms with E-state index in [-0.39, 0.29) is 18.5 Å². The number of urea groups is 1. The van der Waals surface area contributed by atoms with Crippen molar-refractivity contribution in [2.75, 3.05) is 0 Å². The van der Waals surface area contributed by atoms with Gasteiger partial charge in [-0.1, -0.05) is 43.2 Å². The normalized spacial score (nSPS) is 15.3. The molecule has 1 aromatic heterocycles. The average Bonchev–Trinajstić information content (AvgIpc) is 3.26. The predicted octanol–water partition coefficient (Wildman–Crippen LogP) is 2.72. The zero-order valence-corrected chi connectivity index (χ0v) is 15.8. The summed E-state index contributed by atoms with van der Waals surface area (Å²) in [7, 11) is 0. The molecule has 3 rings (SSSR count). The van der Waals surface area contributed by atoms with E-state index >= 15 is 0 Å². The molecule has 1 saturated carbocycles. The summed E-state index contributed by atoms with van der Waals surface area (Å²) in [5.74, 6) is 1.02. The minimum Gasteiger partial charge on any atom is -0.444 e. The highest BCUT2D eigenvalue weighted by Crippen LogP contribution is 2.30. The van der Waals surface area contributed by atoms with Gasteiger partial charge in [0.2, 0.25) is 11.8 Å². The van der Waals surface area contributed by atoms with E-state index in [2.05, 4.69) is 20.9 Å². The van der Waals surface area contributed by atoms with Crippen molar-refractivity contribution in [2.45, 2.75) is 58.2 Å². The van der Waals surface area contributed by atoms with Crippen molar-refractivity contribution in [3.05, 3.63) is 53.2 Å². The van der Waals surface area contributed by atoms with E-state index in [9.17, 15) is 9.59 Å². The molecule has 7 heteroatoms. The third kappa shape index (κ3) is 4.67. The Balaban J connectivity index is 1.57. The second-order valence-corrected chi connectivity index (χ2v) is 7.01. The maximum absolute atomic E-state index is 12.8. The Morgan fingerprint density at radius 3 is 2.41 bits per heavy atom. The van der Waals surface area contributed by atoms with Crippen molar-refractivity contribution in [1.82, 2.24) is 20.9 Å². The lowest BCUT2D eigenvalue weighted by Gasteiger charge is -2.28. The monoisotopic (exact) mass is 370 g/mol. The molecule has 3 N–H and O–H groups in total. The molecule has 144 valence electrons. The lowest BCUT2D eigenvalue weighted by Crippen LogP contribution is -2.59. The molecule has 27 heavy (non-hydrogen) atoms. The van der Waals surface area contributed by atoms with Gasteiger partial charge in [0.25, 0.3) is 0 Å². The molecular weight excluding hydrogens is 344 g/mol. The van der Waals surface area contributed by atoms with Crippen molar-refractivity contribution >= 4 is 11.9 Å². The van der Waals surface area contributed by atoms with E-state index in [1.165, 1.54) is 0 Å². The van der Waals surface area contributed by atoms with E-state index in [0.717, 1.165) is 29.9 Å². The number of benzene rings is 1. The van der Waals surface area contributed by atoms with Gasteiger partial charge in [0, 0.05) is 6.54 Å². The minimum absolute atomic E-state index is 0.191. The Morgan fingerprint density at radius 2 is 1.78 bits per heavy atom. The second-order valence-electron chi connectivity index (χ2n) is 7.01. The molecule has 0 saturated heterocycles. The molecule has 0 radical (unpaired) electrons. The Kier molecular flexibility index (Phi) is 5.78. The summed E-state index contributed by atoms with van der Waals surface area (Å²) >= 11 is 0. The fourth-order valence-electron chi connectivity index (χ4n) is 3.37. The molecule has 1 aliphatic rings. The summed E-state index contributed by atoms with van der Waals surface area (Å²) in [6.07, 6.45) is 3.07. The minimum atomic E-state index is -0.878. The molecule has 0 aliphatic heterocycles. The highest BCUT2D eigenvalue weighted by Gasteiger charge is 2.42. The van der Waals surface area contributed by atoms with Crippen LogP contribution in [0.1, 0.15) is 48.6 Å². The van der Waals surface area contributed by atoms with E-state index < -0.39 is 5.54 Å². The number of aromatic nitrogens is 1. The van der Waals surface area contributed by atoms with E-state index in [1.54, 1.807) is 0 Å². The smallest absolute Gasteiger partial charge is 0.315 e. The average molecular weight is 370 g/mol. The van der Waals surface area contributed by atoms with Crippen molar-refractivity contribution in [1.29, 1.82) is 0 Å². The highest BCUT2D eigenvalue weighted by molar-refractivity contribution is 5.91. The lowest BCUT2D eigenvalue weighted by atomic mass is 9.96. The highest BCUT2D eigenvalue weighted by atomic mass is 16.4. The first-order chi connectivity index (χ1) is 13.0. The molecule has 1 aliphatic carbocycles. The number of oxazole rings is 1. The van der Waals surface area contributed by atoms with E-state index in [4.69, 9.17) is 4.42 Å². The van der Waals surface area contributed by atoms with Crippen LogP contribution in [0.2, 0.25) is 0 Å². The second kappa shape index (κ2) is 8.24. The van der Waals surface area contributed by atoms with Crippen molar-refractivity contribution in [2.24, 2.45) is 0 Å². The van der Waals surface area contributed by atoms with Gasteiger partial charge in [-0.05, 0) is 32.3 Å². The molecule has 1 heterocycles. The van der Waals surface area contributed by atoms with Gasteiger partial charge < -0.3 is 20.4 Å². The summed E-state index contributed by atoms with van der Waals surface area (Å²) in [6.45, 7) is 4.33. The molecule has 7 nitrogen and oxygen atoms in total. The number of nitrogens with zero attached hydrogens (tertiary/aromatic N) is 1. The molecule has 0 unspecified atom stereocenters. The first-order valence-electron chi connectivity index (χ1n) is 9.30. The number of nitrogens with one attached hydrogen (secondary N) is 3. The summed E-state index contributed by atoms with van der Waals surface area (Å²) in [5, 5.41) is 8.60. The number of amides is 3. The fourth-order valence-corrected chi connectivity index (χ4v) is 3.37. The van der Waals surface area contributed by atoms with Crippen LogP contribution in [-0.4, -0.2) is 22.5 Å². The first kappa shape index (κ1) is 18.9. The molecule has 1 fully saturated rings. The predicted molar refractivity (Wildman–Crippen MR) is 101 cm³/mol. The van der Waals surface area contributed by atoms with Gasteiger partial charge in [-0.25, -0.2) is 9.78 Å². The topological polar surface area (TPSA) is 96.3 Å². The van der Waals surface area contributed by atoms with E-state index in [0.29, 0.717) is 25.3 Å². The molecule has 0 atom stereocenters. The van der Waals surface area contributed by atoms with Crippen LogP contribution >= 0.6 is 0 Å². The molecule has 0 spiro atoms. The van der Waals surface area contributed by atoms with Crippen LogP contribution in [0.5, 0.6) is 0 Å². The zero-order valence-electron chi connectivity index (χ0n) is 15.8. The standard InChI is InChI=1S/C20H26N4O3/c1-14-15(2)27-17(23-14)13-21-18(25)20(10-6-7-11-20)24-19(26)22-12-16-8-4-3-5-9-16/h3-5,8-9H,6-7,10-13H2,1-2H3,(H,21,25)(H2,22,24,26). The third-order valence-corrected chi connectivity index (χ3v) is 5.01. The summed E-state index contributed by atoms with van der Waals surface area (Å²) in [4.78, 5) is 29.5. The van der Waals surface area contributed by atoms with Crippen LogP contribution in [0, 0.1) is 13.8 Å². The number of hydrogen-bond acceptors (Lipinski definition) is 4. The van der Waals surface area contributed by atoms with Gasteiger partial charge in [-0.3, -0.25) is 4.79 Å². The largest absolute Gasteiger partial charge is 0.444 e. The quantitative estimate of drug-likeness (QED) is 0.728. The number of rotatable bonds is 6. The van der Waals surface area contributed by atoms with Crippen molar-refractivity contribution < 1.29 is 14.0 Å². The van der Waals surface area contributed by atoms with Crippen molar-refractivity contribution in [3.63, 3.8) is 0 Å². The number of hydrogen-bond donors (Lipinski definition) is 3. The molecule has 2 aromatic rings. The van der Waals surface area contributed by atoms with Crippen molar-refractivity contribution in [3.8, 4) is 0 Å². The van der Waals surface area contributed by atoms with Gasteiger partial charge in [-0.2, -0.15) is 0 Å². The van der Waals surface area contributed by atoms with Gasteiger partial charge in [0.15, 0.2) is 0 Å². The van der Waals surface area contributed by atoms with Gasteiger partial charge in [0.1, 0.15) is 11.3 Å². The van der Waals surface area contributed by atoms with Crippen LogP contribution in [0.3, 0.4) is 0 Å².